The lowest BCUT2D eigenvalue weighted by molar-refractivity contribution is -0.144. The molecule has 2 N–H and O–H groups in total. The van der Waals surface area contributed by atoms with Crippen LogP contribution in [-0.2, 0) is 9.53 Å². The zero-order valence-electron chi connectivity index (χ0n) is 7.56. The number of hydrogen-bond acceptors (Lipinski definition) is 5. The highest BCUT2D eigenvalue weighted by atomic mass is 16.5. The molecule has 0 bridgehead atoms. The molecule has 0 aromatic heterocycles. The smallest absolute Gasteiger partial charge is 0.323 e. The van der Waals surface area contributed by atoms with E-state index in [0.29, 0.717) is 19.6 Å². The highest BCUT2D eigenvalue weighted by Crippen LogP contribution is 1.99. The summed E-state index contributed by atoms with van der Waals surface area (Å²) in [4.78, 5) is 18.9. The molecular formula is C8H13N3O2. The molecule has 5 heteroatoms. The van der Waals surface area contributed by atoms with Gasteiger partial charge in [-0.05, 0) is 6.92 Å². The quantitative estimate of drug-likeness (QED) is 0.610. The number of hydrogen-bond donors (Lipinski definition) is 1. The number of aliphatic imine (C=N–C) groups is 2. The maximum Gasteiger partial charge on any atom is 0.323 e. The summed E-state index contributed by atoms with van der Waals surface area (Å²) >= 11 is 0. The van der Waals surface area contributed by atoms with Gasteiger partial charge < -0.3 is 10.5 Å². The fraction of sp³-hybridized carbons (Fsp3) is 0.625. The third-order valence-electron chi connectivity index (χ3n) is 1.64. The van der Waals surface area contributed by atoms with E-state index in [1.165, 1.54) is 6.34 Å². The van der Waals surface area contributed by atoms with Crippen LogP contribution in [0, 0.1) is 0 Å². The zero-order chi connectivity index (χ0) is 9.68. The Labute approximate surface area is 76.7 Å². The Morgan fingerprint density at radius 1 is 1.85 bits per heavy atom. The molecule has 0 amide bonds. The minimum Gasteiger partial charge on any atom is -0.465 e. The van der Waals surface area contributed by atoms with Crippen LogP contribution in [0.25, 0.3) is 0 Å². The topological polar surface area (TPSA) is 77.0 Å². The van der Waals surface area contributed by atoms with Crippen LogP contribution < -0.4 is 5.73 Å². The van der Waals surface area contributed by atoms with Gasteiger partial charge in [-0.1, -0.05) is 0 Å². The number of ether oxygens (including phenoxy) is 1. The average Bonchev–Trinajstić information content (AvgIpc) is 2.57. The van der Waals surface area contributed by atoms with Gasteiger partial charge in [0, 0.05) is 12.1 Å². The van der Waals surface area contributed by atoms with Crippen LogP contribution >= 0.6 is 0 Å². The van der Waals surface area contributed by atoms with Crippen molar-refractivity contribution in [3.8, 4) is 0 Å². The summed E-state index contributed by atoms with van der Waals surface area (Å²) in [7, 11) is 0. The monoisotopic (exact) mass is 183 g/mol. The van der Waals surface area contributed by atoms with E-state index in [2.05, 4.69) is 9.98 Å². The summed E-state index contributed by atoms with van der Waals surface area (Å²) in [6, 6.07) is -0.611. The van der Waals surface area contributed by atoms with E-state index >= 15 is 0 Å². The second-order valence-corrected chi connectivity index (χ2v) is 2.71. The van der Waals surface area contributed by atoms with Crippen LogP contribution in [0.5, 0.6) is 0 Å². The van der Waals surface area contributed by atoms with Crippen molar-refractivity contribution < 1.29 is 9.53 Å². The van der Waals surface area contributed by atoms with E-state index < -0.39 is 6.04 Å². The van der Waals surface area contributed by atoms with E-state index in [1.54, 1.807) is 6.92 Å². The molecule has 1 aliphatic rings. The molecule has 1 heterocycles. The minimum absolute atomic E-state index is 0.357. The molecule has 0 spiro atoms. The summed E-state index contributed by atoms with van der Waals surface area (Å²) in [5, 5.41) is 0. The number of rotatable bonds is 4. The van der Waals surface area contributed by atoms with Gasteiger partial charge in [0.25, 0.3) is 0 Å². The molecule has 1 rings (SSSR count). The van der Waals surface area contributed by atoms with Crippen molar-refractivity contribution in [2.45, 2.75) is 19.4 Å². The Bertz CT molecular complexity index is 248. The van der Waals surface area contributed by atoms with Gasteiger partial charge in [-0.3, -0.25) is 9.79 Å². The number of carbonyl (C=O) groups excluding carboxylic acids is 1. The summed E-state index contributed by atoms with van der Waals surface area (Å²) in [6.07, 6.45) is 1.91. The molecule has 1 aliphatic heterocycles. The van der Waals surface area contributed by atoms with Crippen molar-refractivity contribution in [3.63, 3.8) is 0 Å². The fourth-order valence-electron chi connectivity index (χ4n) is 1.01. The van der Waals surface area contributed by atoms with Crippen molar-refractivity contribution in [2.75, 3.05) is 13.2 Å². The van der Waals surface area contributed by atoms with Gasteiger partial charge in [0.1, 0.15) is 12.4 Å². The zero-order valence-corrected chi connectivity index (χ0v) is 7.56. The van der Waals surface area contributed by atoms with Gasteiger partial charge in [0.2, 0.25) is 0 Å². The SMILES string of the molecule is CCOC(=O)[C@@H](N)CC1=NC=NC1. The maximum absolute atomic E-state index is 11.1. The highest BCUT2D eigenvalue weighted by molar-refractivity contribution is 5.98. The van der Waals surface area contributed by atoms with Crippen LogP contribution in [0.4, 0.5) is 0 Å². The minimum atomic E-state index is -0.611. The van der Waals surface area contributed by atoms with E-state index in [4.69, 9.17) is 10.5 Å². The summed E-state index contributed by atoms with van der Waals surface area (Å²) in [5.41, 5.74) is 6.41. The molecule has 0 saturated heterocycles. The predicted molar refractivity (Wildman–Crippen MR) is 50.0 cm³/mol. The van der Waals surface area contributed by atoms with Gasteiger partial charge in [0.05, 0.1) is 13.2 Å². The normalized spacial score (nSPS) is 16.9. The standard InChI is InChI=1S/C8H13N3O2/c1-2-13-8(12)7(9)3-6-4-10-5-11-6/h5,7H,2-4,9H2,1H3/t7-/m0/s1. The molecule has 0 aliphatic carbocycles. The lowest BCUT2D eigenvalue weighted by Crippen LogP contribution is -2.34. The number of nitrogens with zero attached hydrogens (tertiary/aromatic N) is 2. The van der Waals surface area contributed by atoms with Crippen LogP contribution in [0.1, 0.15) is 13.3 Å². The molecule has 72 valence electrons. The molecule has 0 fully saturated rings. The summed E-state index contributed by atoms with van der Waals surface area (Å²) < 4.78 is 4.75. The Hall–Kier alpha value is -1.23. The van der Waals surface area contributed by atoms with Crippen molar-refractivity contribution in [2.24, 2.45) is 15.7 Å². The Morgan fingerprint density at radius 2 is 2.62 bits per heavy atom. The van der Waals surface area contributed by atoms with Crippen LogP contribution in [0.2, 0.25) is 0 Å². The van der Waals surface area contributed by atoms with Crippen molar-refractivity contribution in [1.82, 2.24) is 0 Å². The first-order chi connectivity index (χ1) is 6.24. The molecule has 0 aromatic carbocycles. The van der Waals surface area contributed by atoms with Crippen LogP contribution in [0.15, 0.2) is 9.98 Å². The Morgan fingerprint density at radius 3 is 3.15 bits per heavy atom. The molecule has 0 unspecified atom stereocenters. The highest BCUT2D eigenvalue weighted by Gasteiger charge is 2.17. The van der Waals surface area contributed by atoms with Crippen molar-refractivity contribution in [1.29, 1.82) is 0 Å². The second kappa shape index (κ2) is 4.71. The van der Waals surface area contributed by atoms with Crippen LogP contribution in [0.3, 0.4) is 0 Å². The van der Waals surface area contributed by atoms with E-state index in [0.717, 1.165) is 5.71 Å². The lowest BCUT2D eigenvalue weighted by atomic mass is 10.1. The second-order valence-electron chi connectivity index (χ2n) is 2.71. The number of carbonyl (C=O) groups is 1. The Balaban J connectivity index is 2.32. The van der Waals surface area contributed by atoms with Crippen LogP contribution in [-0.4, -0.2) is 37.2 Å². The predicted octanol–water partition coefficient (Wildman–Crippen LogP) is -0.250. The third kappa shape index (κ3) is 2.95. The van der Waals surface area contributed by atoms with E-state index in [-0.39, 0.29) is 5.97 Å². The first-order valence-electron chi connectivity index (χ1n) is 4.20. The summed E-state index contributed by atoms with van der Waals surface area (Å²) in [5.74, 6) is -0.378. The lowest BCUT2D eigenvalue weighted by Gasteiger charge is -2.09. The first kappa shape index (κ1) is 9.85. The van der Waals surface area contributed by atoms with Gasteiger partial charge in [-0.2, -0.15) is 0 Å². The summed E-state index contributed by atoms with van der Waals surface area (Å²) in [6.45, 7) is 2.66. The largest absolute Gasteiger partial charge is 0.465 e. The molecule has 1 atom stereocenters. The van der Waals surface area contributed by atoms with E-state index in [1.807, 2.05) is 0 Å². The molecular weight excluding hydrogens is 170 g/mol. The number of nitrogens with two attached hydrogens (primary N) is 1. The molecule has 5 nitrogen and oxygen atoms in total. The third-order valence-corrected chi connectivity index (χ3v) is 1.64. The maximum atomic E-state index is 11.1. The van der Waals surface area contributed by atoms with Gasteiger partial charge >= 0.3 is 5.97 Å². The number of esters is 1. The van der Waals surface area contributed by atoms with Gasteiger partial charge in [-0.25, -0.2) is 4.99 Å². The first-order valence-corrected chi connectivity index (χ1v) is 4.20. The molecule has 0 aromatic rings. The van der Waals surface area contributed by atoms with Crippen molar-refractivity contribution >= 4 is 18.0 Å². The van der Waals surface area contributed by atoms with Crippen molar-refractivity contribution in [3.05, 3.63) is 0 Å². The van der Waals surface area contributed by atoms with Gasteiger partial charge in [0.15, 0.2) is 0 Å². The molecule has 0 saturated carbocycles. The van der Waals surface area contributed by atoms with Gasteiger partial charge in [-0.15, -0.1) is 0 Å². The fourth-order valence-corrected chi connectivity index (χ4v) is 1.01. The average molecular weight is 183 g/mol. The molecule has 0 radical (unpaired) electrons. The van der Waals surface area contributed by atoms with E-state index in [9.17, 15) is 4.79 Å². The Kier molecular flexibility index (Phi) is 3.57. The molecule has 13 heavy (non-hydrogen) atoms.